The number of amides is 1. The van der Waals surface area contributed by atoms with E-state index in [-0.39, 0.29) is 35.8 Å². The Morgan fingerprint density at radius 1 is 0.794 bits per heavy atom. The minimum absolute atomic E-state index is 0.0153. The Labute approximate surface area is 201 Å². The summed E-state index contributed by atoms with van der Waals surface area (Å²) in [6.45, 7) is 1.96. The molecule has 0 heterocycles. The van der Waals surface area contributed by atoms with Gasteiger partial charge in [-0.1, -0.05) is 91.0 Å². The third-order valence-corrected chi connectivity index (χ3v) is 7.67. The van der Waals surface area contributed by atoms with Crippen LogP contribution in [0.2, 0.25) is 0 Å². The van der Waals surface area contributed by atoms with Gasteiger partial charge in [0.15, 0.2) is 0 Å². The Morgan fingerprint density at radius 2 is 1.35 bits per heavy atom. The zero-order chi connectivity index (χ0) is 23.5. The summed E-state index contributed by atoms with van der Waals surface area (Å²) in [7, 11) is 0. The second-order valence-corrected chi connectivity index (χ2v) is 9.67. The normalized spacial score (nSPS) is 27.0. The van der Waals surface area contributed by atoms with Gasteiger partial charge in [0, 0.05) is 18.3 Å². The van der Waals surface area contributed by atoms with Crippen LogP contribution >= 0.6 is 0 Å². The lowest BCUT2D eigenvalue weighted by atomic mass is 9.58. The maximum atomic E-state index is 13.3. The molecule has 4 nitrogen and oxygen atoms in total. The monoisotopic (exact) mass is 453 g/mol. The predicted molar refractivity (Wildman–Crippen MR) is 132 cm³/mol. The van der Waals surface area contributed by atoms with Gasteiger partial charge in [0.2, 0.25) is 0 Å². The van der Waals surface area contributed by atoms with Crippen molar-refractivity contribution in [1.29, 1.82) is 0 Å². The topological polar surface area (TPSA) is 55.4 Å². The van der Waals surface area contributed by atoms with Crippen molar-refractivity contribution >= 4 is 11.9 Å². The number of fused-ring (bicyclic) bond motifs is 2. The summed E-state index contributed by atoms with van der Waals surface area (Å²) in [5.41, 5.74) is 3.35. The van der Waals surface area contributed by atoms with Crippen molar-refractivity contribution < 1.29 is 14.3 Å². The standard InChI is InChI=1S/C30H31NO3/c1-20(21-11-5-2-6-12-21)31-30(33)34-29-19-25(23-15-9-4-10-16-23)26-17-27(29)24(18-28(26)32)22-13-7-3-8-14-22/h2-16,20,24-27,29H,17-19H2,1H3,(H,31,33)/t20-,24-,25-,26+,27+,29+/m1/s1. The summed E-state index contributed by atoms with van der Waals surface area (Å²) in [6, 6.07) is 30.2. The van der Waals surface area contributed by atoms with E-state index in [0.29, 0.717) is 18.6 Å². The maximum Gasteiger partial charge on any atom is 0.407 e. The first-order valence-electron chi connectivity index (χ1n) is 12.2. The molecule has 4 heteroatoms. The number of alkyl carbamates (subject to hydrolysis) is 1. The predicted octanol–water partition coefficient (Wildman–Crippen LogP) is 6.41. The summed E-state index contributed by atoms with van der Waals surface area (Å²) < 4.78 is 6.15. The molecular weight excluding hydrogens is 422 g/mol. The van der Waals surface area contributed by atoms with Crippen molar-refractivity contribution in [1.82, 2.24) is 5.32 Å². The molecule has 2 aliphatic carbocycles. The van der Waals surface area contributed by atoms with Gasteiger partial charge in [-0.2, -0.15) is 0 Å². The Hall–Kier alpha value is -3.40. The van der Waals surface area contributed by atoms with Gasteiger partial charge in [-0.15, -0.1) is 0 Å². The van der Waals surface area contributed by atoms with Crippen LogP contribution in [0.1, 0.15) is 60.8 Å². The van der Waals surface area contributed by atoms with Gasteiger partial charge >= 0.3 is 6.09 Å². The molecule has 0 spiro atoms. The van der Waals surface area contributed by atoms with E-state index in [1.807, 2.05) is 73.7 Å². The summed E-state index contributed by atoms with van der Waals surface area (Å²) in [6.07, 6.45) is 1.29. The Kier molecular flexibility index (Phi) is 6.48. The van der Waals surface area contributed by atoms with Crippen LogP contribution in [-0.2, 0) is 9.53 Å². The average Bonchev–Trinajstić information content (AvgIpc) is 2.88. The molecule has 0 radical (unpaired) electrons. The van der Waals surface area contributed by atoms with Crippen molar-refractivity contribution in [3.05, 3.63) is 108 Å². The lowest BCUT2D eigenvalue weighted by Gasteiger charge is -2.47. The molecule has 6 atom stereocenters. The highest BCUT2D eigenvalue weighted by molar-refractivity contribution is 5.84. The molecule has 0 saturated heterocycles. The minimum atomic E-state index is -0.393. The molecule has 3 aromatic rings. The molecule has 1 N–H and O–H groups in total. The molecule has 3 aromatic carbocycles. The third kappa shape index (κ3) is 4.63. The molecular formula is C30H31NO3. The maximum absolute atomic E-state index is 13.3. The van der Waals surface area contributed by atoms with Crippen LogP contribution in [0.15, 0.2) is 91.0 Å². The van der Waals surface area contributed by atoms with Gasteiger partial charge in [-0.25, -0.2) is 4.79 Å². The summed E-state index contributed by atoms with van der Waals surface area (Å²) >= 11 is 0. The number of ether oxygens (including phenoxy) is 1. The van der Waals surface area contributed by atoms with Crippen LogP contribution in [0.4, 0.5) is 4.79 Å². The fourth-order valence-corrected chi connectivity index (χ4v) is 5.94. The van der Waals surface area contributed by atoms with Gasteiger partial charge in [-0.3, -0.25) is 4.79 Å². The Balaban J connectivity index is 1.39. The number of benzene rings is 3. The second-order valence-electron chi connectivity index (χ2n) is 9.67. The number of rotatable bonds is 5. The first-order chi connectivity index (χ1) is 16.6. The van der Waals surface area contributed by atoms with Gasteiger partial charge in [-0.05, 0) is 48.3 Å². The molecule has 1 amide bonds. The van der Waals surface area contributed by atoms with Crippen molar-refractivity contribution in [2.45, 2.75) is 50.2 Å². The van der Waals surface area contributed by atoms with Crippen LogP contribution in [0, 0.1) is 11.8 Å². The van der Waals surface area contributed by atoms with Crippen molar-refractivity contribution in [3.8, 4) is 0 Å². The third-order valence-electron chi connectivity index (χ3n) is 7.67. The smallest absolute Gasteiger partial charge is 0.407 e. The Bertz CT molecular complexity index is 1080. The van der Waals surface area contributed by atoms with E-state index in [1.165, 1.54) is 0 Å². The van der Waals surface area contributed by atoms with Gasteiger partial charge in [0.05, 0.1) is 6.04 Å². The quantitative estimate of drug-likeness (QED) is 0.486. The van der Waals surface area contributed by atoms with Crippen LogP contribution in [0.25, 0.3) is 0 Å². The van der Waals surface area contributed by atoms with Crippen molar-refractivity contribution in [2.24, 2.45) is 11.8 Å². The summed E-state index contributed by atoms with van der Waals surface area (Å²) in [4.78, 5) is 26.3. The van der Waals surface area contributed by atoms with Crippen LogP contribution in [-0.4, -0.2) is 18.0 Å². The first-order valence-corrected chi connectivity index (χ1v) is 12.2. The van der Waals surface area contributed by atoms with E-state index in [9.17, 15) is 9.59 Å². The molecule has 5 rings (SSSR count). The molecule has 2 saturated carbocycles. The number of Topliss-reactive ketones (excluding diaryl/α,β-unsaturated/α-hetero) is 1. The van der Waals surface area contributed by atoms with E-state index >= 15 is 0 Å². The van der Waals surface area contributed by atoms with E-state index in [2.05, 4.69) is 29.6 Å². The average molecular weight is 454 g/mol. The Morgan fingerprint density at radius 3 is 1.97 bits per heavy atom. The molecule has 0 unspecified atom stereocenters. The zero-order valence-electron chi connectivity index (χ0n) is 19.5. The molecule has 2 bridgehead atoms. The lowest BCUT2D eigenvalue weighted by Crippen LogP contribution is -2.48. The van der Waals surface area contributed by atoms with Crippen LogP contribution in [0.3, 0.4) is 0 Å². The molecule has 34 heavy (non-hydrogen) atoms. The SMILES string of the molecule is C[C@@H](NC(=O)O[C@H]1C[C@H](c2ccccc2)[C@@H]2C[C@H]1[C@@H](c1ccccc1)CC2=O)c1ccccc1. The largest absolute Gasteiger partial charge is 0.446 e. The summed E-state index contributed by atoms with van der Waals surface area (Å²) in [5.74, 6) is 0.595. The van der Waals surface area contributed by atoms with Gasteiger partial charge in [0.25, 0.3) is 0 Å². The first kappa shape index (κ1) is 22.4. The lowest BCUT2D eigenvalue weighted by molar-refractivity contribution is -0.132. The number of carbonyl (C=O) groups excluding carboxylic acids is 2. The van der Waals surface area contributed by atoms with E-state index in [0.717, 1.165) is 23.1 Å². The number of ketones is 1. The molecule has 0 aromatic heterocycles. The fourth-order valence-electron chi connectivity index (χ4n) is 5.94. The number of carbonyl (C=O) groups is 2. The highest BCUT2D eigenvalue weighted by Crippen LogP contribution is 2.52. The van der Waals surface area contributed by atoms with E-state index < -0.39 is 6.09 Å². The highest BCUT2D eigenvalue weighted by Gasteiger charge is 2.50. The van der Waals surface area contributed by atoms with Crippen molar-refractivity contribution in [2.75, 3.05) is 0 Å². The molecule has 0 aliphatic heterocycles. The highest BCUT2D eigenvalue weighted by atomic mass is 16.6. The molecule has 2 fully saturated rings. The fraction of sp³-hybridized carbons (Fsp3) is 0.333. The minimum Gasteiger partial charge on any atom is -0.446 e. The number of hydrogen-bond donors (Lipinski definition) is 1. The van der Waals surface area contributed by atoms with Crippen LogP contribution < -0.4 is 5.32 Å². The van der Waals surface area contributed by atoms with E-state index in [4.69, 9.17) is 4.74 Å². The van der Waals surface area contributed by atoms with Crippen LogP contribution in [0.5, 0.6) is 0 Å². The van der Waals surface area contributed by atoms with Crippen molar-refractivity contribution in [3.63, 3.8) is 0 Å². The second kappa shape index (κ2) is 9.84. The molecule has 2 aliphatic rings. The van der Waals surface area contributed by atoms with Gasteiger partial charge < -0.3 is 10.1 Å². The molecule has 174 valence electrons. The number of nitrogens with one attached hydrogen (secondary N) is 1. The van der Waals surface area contributed by atoms with Gasteiger partial charge in [0.1, 0.15) is 11.9 Å². The number of hydrogen-bond acceptors (Lipinski definition) is 3. The van der Waals surface area contributed by atoms with E-state index in [1.54, 1.807) is 0 Å². The zero-order valence-corrected chi connectivity index (χ0v) is 19.5. The summed E-state index contributed by atoms with van der Waals surface area (Å²) in [5, 5.41) is 3.01.